The Morgan fingerprint density at radius 2 is 1.88 bits per heavy atom. The van der Waals surface area contributed by atoms with Crippen molar-refractivity contribution < 1.29 is 19.4 Å². The first kappa shape index (κ1) is 18.3. The maximum Gasteiger partial charge on any atom is 0.306 e. The van der Waals surface area contributed by atoms with Gasteiger partial charge in [-0.25, -0.2) is 0 Å². The van der Waals surface area contributed by atoms with E-state index in [0.29, 0.717) is 38.3 Å². The van der Waals surface area contributed by atoms with Crippen molar-refractivity contribution in [3.63, 3.8) is 0 Å². The Morgan fingerprint density at radius 1 is 1.25 bits per heavy atom. The molecule has 5 heteroatoms. The topological polar surface area (TPSA) is 66.8 Å². The van der Waals surface area contributed by atoms with E-state index in [9.17, 15) is 9.59 Å². The first-order valence-electron chi connectivity index (χ1n) is 8.71. The minimum absolute atomic E-state index is 0.0418. The number of hydrogen-bond donors (Lipinski definition) is 1. The van der Waals surface area contributed by atoms with Gasteiger partial charge in [0.2, 0.25) is 0 Å². The highest BCUT2D eigenvalue weighted by Gasteiger charge is 2.31. The number of piperidine rings is 1. The number of likely N-dealkylation sites (tertiary alicyclic amines) is 1. The molecule has 0 aliphatic carbocycles. The monoisotopic (exact) mass is 333 g/mol. The Morgan fingerprint density at radius 3 is 2.42 bits per heavy atom. The Bertz CT molecular complexity index is 576. The fourth-order valence-electron chi connectivity index (χ4n) is 3.08. The third-order valence-corrected chi connectivity index (χ3v) is 4.61. The highest BCUT2D eigenvalue weighted by Crippen LogP contribution is 2.28. The van der Waals surface area contributed by atoms with Gasteiger partial charge in [-0.1, -0.05) is 39.0 Å². The van der Waals surface area contributed by atoms with Gasteiger partial charge >= 0.3 is 5.97 Å². The number of ether oxygens (including phenoxy) is 1. The molecule has 0 radical (unpaired) electrons. The zero-order valence-electron chi connectivity index (χ0n) is 14.7. The van der Waals surface area contributed by atoms with Crippen LogP contribution in [0, 0.1) is 5.92 Å². The van der Waals surface area contributed by atoms with Crippen molar-refractivity contribution in [1.82, 2.24) is 4.90 Å². The highest BCUT2D eigenvalue weighted by atomic mass is 16.5. The molecule has 1 aromatic rings. The Labute approximate surface area is 143 Å². The number of para-hydroxylation sites is 1. The largest absolute Gasteiger partial charge is 0.481 e. The number of carboxylic acid groups (broad SMARTS) is 1. The molecule has 1 saturated heterocycles. The molecular weight excluding hydrogens is 306 g/mol. The smallest absolute Gasteiger partial charge is 0.306 e. The van der Waals surface area contributed by atoms with Crippen molar-refractivity contribution in [3.05, 3.63) is 29.8 Å². The van der Waals surface area contributed by atoms with Gasteiger partial charge in [0.25, 0.3) is 5.91 Å². The number of nitrogens with zero attached hydrogens (tertiary/aromatic N) is 1. The van der Waals surface area contributed by atoms with Crippen LogP contribution in [0.4, 0.5) is 0 Å². The van der Waals surface area contributed by atoms with Gasteiger partial charge in [-0.2, -0.15) is 0 Å². The molecule has 0 aromatic heterocycles. The molecule has 0 bridgehead atoms. The Balaban J connectivity index is 2.04. The molecule has 1 heterocycles. The molecule has 1 aliphatic rings. The summed E-state index contributed by atoms with van der Waals surface area (Å²) in [6, 6.07) is 7.82. The van der Waals surface area contributed by atoms with Crippen LogP contribution < -0.4 is 4.74 Å². The molecule has 24 heavy (non-hydrogen) atoms. The second-order valence-electron chi connectivity index (χ2n) is 6.65. The van der Waals surface area contributed by atoms with Gasteiger partial charge in [0.1, 0.15) is 5.75 Å². The summed E-state index contributed by atoms with van der Waals surface area (Å²) in [6.45, 7) is 7.11. The normalized spacial score (nSPS) is 16.9. The SMILES string of the molecule is CC[C@@H](Oc1ccccc1C(C)C)C(=O)N1CCC(C(=O)O)CC1. The van der Waals surface area contributed by atoms with Crippen molar-refractivity contribution >= 4 is 11.9 Å². The number of rotatable bonds is 6. The lowest BCUT2D eigenvalue weighted by atomic mass is 9.96. The molecule has 5 nitrogen and oxygen atoms in total. The van der Waals surface area contributed by atoms with Gasteiger partial charge in [-0.3, -0.25) is 9.59 Å². The van der Waals surface area contributed by atoms with Crippen molar-refractivity contribution in [2.45, 2.75) is 52.1 Å². The summed E-state index contributed by atoms with van der Waals surface area (Å²) in [5.74, 6) is -0.0684. The summed E-state index contributed by atoms with van der Waals surface area (Å²) < 4.78 is 6.04. The van der Waals surface area contributed by atoms with Crippen molar-refractivity contribution in [2.75, 3.05) is 13.1 Å². The minimum atomic E-state index is -0.767. The van der Waals surface area contributed by atoms with Gasteiger partial charge in [0, 0.05) is 13.1 Å². The van der Waals surface area contributed by atoms with E-state index in [1.165, 1.54) is 0 Å². The summed E-state index contributed by atoms with van der Waals surface area (Å²) in [5, 5.41) is 9.07. The number of carboxylic acids is 1. The molecule has 1 fully saturated rings. The maximum absolute atomic E-state index is 12.7. The minimum Gasteiger partial charge on any atom is -0.481 e. The first-order chi connectivity index (χ1) is 11.4. The lowest BCUT2D eigenvalue weighted by Crippen LogP contribution is -2.46. The number of benzene rings is 1. The fourth-order valence-corrected chi connectivity index (χ4v) is 3.08. The van der Waals surface area contributed by atoms with E-state index in [1.807, 2.05) is 31.2 Å². The lowest BCUT2D eigenvalue weighted by Gasteiger charge is -2.33. The molecule has 1 N–H and O–H groups in total. The van der Waals surface area contributed by atoms with Gasteiger partial charge in [-0.05, 0) is 36.8 Å². The van der Waals surface area contributed by atoms with Crippen molar-refractivity contribution in [2.24, 2.45) is 5.92 Å². The molecule has 0 saturated carbocycles. The van der Waals surface area contributed by atoms with Crippen molar-refractivity contribution in [3.8, 4) is 5.75 Å². The van der Waals surface area contributed by atoms with Crippen LogP contribution in [0.15, 0.2) is 24.3 Å². The van der Waals surface area contributed by atoms with Gasteiger partial charge in [0.15, 0.2) is 6.10 Å². The third kappa shape index (κ3) is 4.28. The molecule has 1 aliphatic heterocycles. The molecule has 1 atom stereocenters. The van der Waals surface area contributed by atoms with Crippen molar-refractivity contribution in [1.29, 1.82) is 0 Å². The number of amides is 1. The zero-order chi connectivity index (χ0) is 17.7. The second kappa shape index (κ2) is 8.18. The van der Waals surface area contributed by atoms with E-state index < -0.39 is 12.1 Å². The Kier molecular flexibility index (Phi) is 6.23. The molecule has 132 valence electrons. The Hall–Kier alpha value is -2.04. The van der Waals surface area contributed by atoms with E-state index in [2.05, 4.69) is 13.8 Å². The molecular formula is C19H27NO4. The zero-order valence-corrected chi connectivity index (χ0v) is 14.7. The van der Waals surface area contributed by atoms with E-state index in [-0.39, 0.29) is 11.8 Å². The van der Waals surface area contributed by atoms with Crippen LogP contribution in [0.25, 0.3) is 0 Å². The van der Waals surface area contributed by atoms with Crippen LogP contribution in [0.5, 0.6) is 5.75 Å². The lowest BCUT2D eigenvalue weighted by molar-refractivity contribution is -0.147. The predicted molar refractivity (Wildman–Crippen MR) is 92.2 cm³/mol. The van der Waals surface area contributed by atoms with Gasteiger partial charge in [-0.15, -0.1) is 0 Å². The first-order valence-corrected chi connectivity index (χ1v) is 8.71. The standard InChI is InChI=1S/C19H27NO4/c1-4-16(24-17-8-6-5-7-15(17)13(2)3)18(21)20-11-9-14(10-12-20)19(22)23/h5-8,13-14,16H,4,9-12H2,1-3H3,(H,22,23)/t16-/m1/s1. The summed E-state index contributed by atoms with van der Waals surface area (Å²) in [5.41, 5.74) is 1.09. The average molecular weight is 333 g/mol. The van der Waals surface area contributed by atoms with E-state index >= 15 is 0 Å². The van der Waals surface area contributed by atoms with Gasteiger partial charge in [0.05, 0.1) is 5.92 Å². The fraction of sp³-hybridized carbons (Fsp3) is 0.579. The van der Waals surface area contributed by atoms with Crippen LogP contribution in [-0.4, -0.2) is 41.1 Å². The summed E-state index contributed by atoms with van der Waals surface area (Å²) in [4.78, 5) is 25.5. The summed E-state index contributed by atoms with van der Waals surface area (Å²) in [7, 11) is 0. The maximum atomic E-state index is 12.7. The molecule has 1 aromatic carbocycles. The summed E-state index contributed by atoms with van der Waals surface area (Å²) >= 11 is 0. The highest BCUT2D eigenvalue weighted by molar-refractivity contribution is 5.81. The molecule has 0 unspecified atom stereocenters. The van der Waals surface area contributed by atoms with Crippen LogP contribution in [0.3, 0.4) is 0 Å². The second-order valence-corrected chi connectivity index (χ2v) is 6.65. The quantitative estimate of drug-likeness (QED) is 0.867. The van der Waals surface area contributed by atoms with Gasteiger partial charge < -0.3 is 14.7 Å². The number of aliphatic carboxylic acids is 1. The van der Waals surface area contributed by atoms with Crippen LogP contribution >= 0.6 is 0 Å². The van der Waals surface area contributed by atoms with Crippen LogP contribution in [0.1, 0.15) is 51.5 Å². The van der Waals surface area contributed by atoms with E-state index in [4.69, 9.17) is 9.84 Å². The number of carbonyl (C=O) groups is 2. The summed E-state index contributed by atoms with van der Waals surface area (Å²) in [6.07, 6.45) is 1.09. The average Bonchev–Trinajstić information content (AvgIpc) is 2.59. The third-order valence-electron chi connectivity index (χ3n) is 4.61. The van der Waals surface area contributed by atoms with E-state index in [1.54, 1.807) is 4.90 Å². The predicted octanol–water partition coefficient (Wildman–Crippen LogP) is 3.29. The van der Waals surface area contributed by atoms with Crippen LogP contribution in [-0.2, 0) is 9.59 Å². The number of carbonyl (C=O) groups excluding carboxylic acids is 1. The molecule has 1 amide bonds. The van der Waals surface area contributed by atoms with Crippen LogP contribution in [0.2, 0.25) is 0 Å². The molecule has 2 rings (SSSR count). The molecule has 0 spiro atoms. The van der Waals surface area contributed by atoms with E-state index in [0.717, 1.165) is 11.3 Å². The number of hydrogen-bond acceptors (Lipinski definition) is 3.